The summed E-state index contributed by atoms with van der Waals surface area (Å²) in [4.78, 5) is 16.4. The standard InChI is InChI=1S/C16H13Cl4N3O/c17-12-8-6-11(7-9-12)14(24)23-15(16(18,19)20)22-13(21)10-4-2-1-3-5-10/h1-9,15H,(H2,21,22)(H,23,24)/t15-/m0/s1. The Morgan fingerprint density at radius 2 is 1.58 bits per heavy atom. The first-order valence-corrected chi connectivity index (χ1v) is 8.30. The molecule has 0 aliphatic carbocycles. The van der Waals surface area contributed by atoms with E-state index < -0.39 is 15.9 Å². The number of rotatable bonds is 4. The number of amides is 1. The molecule has 0 saturated carbocycles. The number of alkyl halides is 3. The van der Waals surface area contributed by atoms with Crippen LogP contribution in [0.3, 0.4) is 0 Å². The van der Waals surface area contributed by atoms with Crippen LogP contribution in [0.5, 0.6) is 0 Å². The molecule has 0 fully saturated rings. The van der Waals surface area contributed by atoms with Crippen LogP contribution in [0.2, 0.25) is 5.02 Å². The van der Waals surface area contributed by atoms with Crippen molar-refractivity contribution in [1.82, 2.24) is 5.32 Å². The molecule has 0 heterocycles. The smallest absolute Gasteiger partial charge is 0.253 e. The average Bonchev–Trinajstić information content (AvgIpc) is 2.54. The maximum atomic E-state index is 12.3. The highest BCUT2D eigenvalue weighted by atomic mass is 35.6. The van der Waals surface area contributed by atoms with Gasteiger partial charge in [-0.25, -0.2) is 4.99 Å². The Kier molecular flexibility index (Phi) is 6.35. The van der Waals surface area contributed by atoms with Gasteiger partial charge in [-0.2, -0.15) is 0 Å². The fraction of sp³-hybridized carbons (Fsp3) is 0.125. The van der Waals surface area contributed by atoms with Crippen molar-refractivity contribution in [2.45, 2.75) is 9.96 Å². The van der Waals surface area contributed by atoms with Crippen molar-refractivity contribution < 1.29 is 4.79 Å². The molecule has 126 valence electrons. The zero-order valence-corrected chi connectivity index (χ0v) is 15.2. The van der Waals surface area contributed by atoms with Gasteiger partial charge in [0.15, 0.2) is 6.17 Å². The summed E-state index contributed by atoms with van der Waals surface area (Å²) in [6.07, 6.45) is -1.16. The van der Waals surface area contributed by atoms with Crippen molar-refractivity contribution in [3.8, 4) is 0 Å². The third-order valence-corrected chi connectivity index (χ3v) is 3.89. The molecule has 0 aromatic heterocycles. The lowest BCUT2D eigenvalue weighted by molar-refractivity contribution is 0.0939. The summed E-state index contributed by atoms with van der Waals surface area (Å²) >= 11 is 23.6. The number of hydrogen-bond donors (Lipinski definition) is 2. The van der Waals surface area contributed by atoms with Gasteiger partial charge in [0.05, 0.1) is 0 Å². The van der Waals surface area contributed by atoms with Crippen LogP contribution >= 0.6 is 46.4 Å². The number of nitrogens with zero attached hydrogens (tertiary/aromatic N) is 1. The minimum absolute atomic E-state index is 0.142. The number of aliphatic imine (C=N–C) groups is 1. The predicted molar refractivity (Wildman–Crippen MR) is 100 cm³/mol. The number of carbonyl (C=O) groups is 1. The average molecular weight is 405 g/mol. The molecule has 24 heavy (non-hydrogen) atoms. The van der Waals surface area contributed by atoms with E-state index in [0.717, 1.165) is 0 Å². The predicted octanol–water partition coefficient (Wildman–Crippen LogP) is 4.17. The lowest BCUT2D eigenvalue weighted by Crippen LogP contribution is -2.43. The molecular weight excluding hydrogens is 392 g/mol. The van der Waals surface area contributed by atoms with E-state index in [1.807, 2.05) is 6.07 Å². The third-order valence-electron chi connectivity index (χ3n) is 3.02. The fourth-order valence-electron chi connectivity index (χ4n) is 1.82. The first-order valence-electron chi connectivity index (χ1n) is 6.79. The van der Waals surface area contributed by atoms with Gasteiger partial charge in [0.2, 0.25) is 3.79 Å². The van der Waals surface area contributed by atoms with Crippen molar-refractivity contribution in [2.24, 2.45) is 10.7 Å². The molecule has 4 nitrogen and oxygen atoms in total. The highest BCUT2D eigenvalue weighted by molar-refractivity contribution is 6.68. The van der Waals surface area contributed by atoms with Crippen LogP contribution in [0.4, 0.5) is 0 Å². The van der Waals surface area contributed by atoms with Crippen LogP contribution < -0.4 is 11.1 Å². The fourth-order valence-corrected chi connectivity index (χ4v) is 2.25. The van der Waals surface area contributed by atoms with E-state index in [4.69, 9.17) is 52.1 Å². The van der Waals surface area contributed by atoms with Crippen LogP contribution in [0.1, 0.15) is 15.9 Å². The normalized spacial score (nSPS) is 13.4. The number of benzene rings is 2. The van der Waals surface area contributed by atoms with Gasteiger partial charge in [-0.3, -0.25) is 4.79 Å². The molecule has 0 aliphatic heterocycles. The minimum atomic E-state index is -1.87. The lowest BCUT2D eigenvalue weighted by Gasteiger charge is -2.22. The van der Waals surface area contributed by atoms with E-state index in [1.54, 1.807) is 48.5 Å². The number of nitrogens with two attached hydrogens (primary N) is 1. The van der Waals surface area contributed by atoms with Crippen LogP contribution in [0.15, 0.2) is 59.6 Å². The molecule has 2 rings (SSSR count). The zero-order chi connectivity index (χ0) is 17.7. The van der Waals surface area contributed by atoms with Crippen molar-refractivity contribution in [3.05, 3.63) is 70.7 Å². The first-order chi connectivity index (χ1) is 11.3. The Balaban J connectivity index is 2.23. The largest absolute Gasteiger partial charge is 0.383 e. The monoisotopic (exact) mass is 403 g/mol. The molecule has 1 atom stereocenters. The zero-order valence-electron chi connectivity index (χ0n) is 12.2. The molecule has 2 aromatic carbocycles. The summed E-state index contributed by atoms with van der Waals surface area (Å²) in [7, 11) is 0. The van der Waals surface area contributed by atoms with Crippen molar-refractivity contribution in [1.29, 1.82) is 0 Å². The lowest BCUT2D eigenvalue weighted by atomic mass is 10.2. The summed E-state index contributed by atoms with van der Waals surface area (Å²) < 4.78 is -1.87. The molecule has 2 aromatic rings. The molecule has 0 radical (unpaired) electrons. The number of halogens is 4. The maximum absolute atomic E-state index is 12.3. The second-order valence-corrected chi connectivity index (χ2v) is 7.61. The van der Waals surface area contributed by atoms with Crippen molar-refractivity contribution in [2.75, 3.05) is 0 Å². The van der Waals surface area contributed by atoms with Crippen LogP contribution in [0, 0.1) is 0 Å². The molecule has 0 bridgehead atoms. The molecular formula is C16H13Cl4N3O. The van der Waals surface area contributed by atoms with E-state index >= 15 is 0 Å². The van der Waals surface area contributed by atoms with Gasteiger partial charge < -0.3 is 11.1 Å². The van der Waals surface area contributed by atoms with E-state index in [-0.39, 0.29) is 5.84 Å². The number of carbonyl (C=O) groups excluding carboxylic acids is 1. The second-order valence-electron chi connectivity index (χ2n) is 4.80. The highest BCUT2D eigenvalue weighted by Crippen LogP contribution is 2.31. The Hall–Kier alpha value is -1.46. The van der Waals surface area contributed by atoms with Crippen LogP contribution in [0.25, 0.3) is 0 Å². The Bertz CT molecular complexity index is 727. The van der Waals surface area contributed by atoms with E-state index in [9.17, 15) is 4.79 Å². The summed E-state index contributed by atoms with van der Waals surface area (Å²) in [6, 6.07) is 15.2. The van der Waals surface area contributed by atoms with Crippen molar-refractivity contribution >= 4 is 58.1 Å². The maximum Gasteiger partial charge on any atom is 0.253 e. The molecule has 1 amide bonds. The Labute approximate surface area is 159 Å². The van der Waals surface area contributed by atoms with Gasteiger partial charge in [-0.05, 0) is 24.3 Å². The van der Waals surface area contributed by atoms with E-state index in [1.165, 1.54) is 0 Å². The quantitative estimate of drug-likeness (QED) is 0.456. The van der Waals surface area contributed by atoms with Gasteiger partial charge in [0.25, 0.3) is 5.91 Å². The summed E-state index contributed by atoms with van der Waals surface area (Å²) in [5, 5.41) is 3.06. The van der Waals surface area contributed by atoms with Gasteiger partial charge in [0.1, 0.15) is 5.84 Å². The summed E-state index contributed by atoms with van der Waals surface area (Å²) in [5.41, 5.74) is 6.94. The third kappa shape index (κ3) is 5.28. The Morgan fingerprint density at radius 3 is 2.12 bits per heavy atom. The minimum Gasteiger partial charge on any atom is -0.383 e. The number of hydrogen-bond acceptors (Lipinski definition) is 2. The summed E-state index contributed by atoms with van der Waals surface area (Å²) in [5.74, 6) is -0.323. The van der Waals surface area contributed by atoms with Gasteiger partial charge in [-0.15, -0.1) is 0 Å². The van der Waals surface area contributed by atoms with Gasteiger partial charge >= 0.3 is 0 Å². The van der Waals surface area contributed by atoms with E-state index in [2.05, 4.69) is 10.3 Å². The second kappa shape index (κ2) is 8.08. The molecule has 0 spiro atoms. The van der Waals surface area contributed by atoms with Gasteiger partial charge in [-0.1, -0.05) is 76.7 Å². The number of nitrogens with one attached hydrogen (secondary N) is 1. The van der Waals surface area contributed by atoms with Crippen molar-refractivity contribution in [3.63, 3.8) is 0 Å². The van der Waals surface area contributed by atoms with Gasteiger partial charge in [0, 0.05) is 16.1 Å². The molecule has 3 N–H and O–H groups in total. The SMILES string of the molecule is NC(=N[C@@H](NC(=O)c1ccc(Cl)cc1)C(Cl)(Cl)Cl)c1ccccc1. The summed E-state index contributed by atoms with van der Waals surface area (Å²) in [6.45, 7) is 0. The molecule has 8 heteroatoms. The Morgan fingerprint density at radius 1 is 1.00 bits per heavy atom. The van der Waals surface area contributed by atoms with Crippen LogP contribution in [-0.2, 0) is 0 Å². The molecule has 0 saturated heterocycles. The topological polar surface area (TPSA) is 67.5 Å². The van der Waals surface area contributed by atoms with E-state index in [0.29, 0.717) is 16.1 Å². The number of amidine groups is 1. The highest BCUT2D eigenvalue weighted by Gasteiger charge is 2.34. The van der Waals surface area contributed by atoms with Crippen LogP contribution in [-0.4, -0.2) is 21.7 Å². The first kappa shape index (κ1) is 18.9. The molecule has 0 unspecified atom stereocenters. The molecule has 0 aliphatic rings.